The van der Waals surface area contributed by atoms with Crippen LogP contribution in [-0.2, 0) is 11.3 Å². The van der Waals surface area contributed by atoms with Crippen LogP contribution in [0.2, 0.25) is 5.02 Å². The highest BCUT2D eigenvalue weighted by molar-refractivity contribution is 6.31. The molecule has 2 unspecified atom stereocenters. The zero-order valence-corrected chi connectivity index (χ0v) is 23.4. The largest absolute Gasteiger partial charge is 0.530 e. The minimum Gasteiger partial charge on any atom is -0.530 e. The number of aliphatic hydroxyl groups is 1. The second-order valence-corrected chi connectivity index (χ2v) is 10.7. The fourth-order valence-corrected chi connectivity index (χ4v) is 5.19. The van der Waals surface area contributed by atoms with Crippen molar-refractivity contribution in [3.8, 4) is 0 Å². The number of carbonyl (C=O) groups excluding carboxylic acids is 3. The van der Waals surface area contributed by atoms with E-state index in [0.29, 0.717) is 41.8 Å². The maximum atomic E-state index is 15.0. The molecule has 3 amide bonds. The van der Waals surface area contributed by atoms with Crippen molar-refractivity contribution in [3.63, 3.8) is 0 Å². The Hall–Kier alpha value is -3.69. The summed E-state index contributed by atoms with van der Waals surface area (Å²) in [5.74, 6) is -4.70. The van der Waals surface area contributed by atoms with Crippen LogP contribution in [-0.4, -0.2) is 90.4 Å². The highest BCUT2D eigenvalue weighted by Gasteiger charge is 2.36. The molecule has 4 rings (SSSR count). The molecule has 2 fully saturated rings. The lowest BCUT2D eigenvalue weighted by atomic mass is 10.1. The number of halogens is 6. The maximum Gasteiger partial charge on any atom is 0.390 e. The normalized spacial score (nSPS) is 19.4. The summed E-state index contributed by atoms with van der Waals surface area (Å²) in [5, 5.41) is 26.0. The molecule has 0 bridgehead atoms. The van der Waals surface area contributed by atoms with E-state index in [2.05, 4.69) is 10.6 Å². The zero-order valence-electron chi connectivity index (χ0n) is 22.6. The number of alkyl halides is 3. The lowest BCUT2D eigenvalue weighted by molar-refractivity contribution is -0.266. The van der Waals surface area contributed by atoms with E-state index >= 15 is 0 Å². The molecule has 10 nitrogen and oxygen atoms in total. The first-order chi connectivity index (χ1) is 20.2. The van der Waals surface area contributed by atoms with Gasteiger partial charge in [-0.25, -0.2) is 8.78 Å². The third kappa shape index (κ3) is 8.03. The molecule has 43 heavy (non-hydrogen) atoms. The summed E-state index contributed by atoms with van der Waals surface area (Å²) in [6.07, 6.45) is -8.10. The topological polar surface area (TPSA) is 128 Å². The van der Waals surface area contributed by atoms with Crippen LogP contribution < -0.4 is 20.6 Å². The number of rotatable bonds is 8. The molecule has 2 saturated heterocycles. The monoisotopic (exact) mass is 632 g/mol. The van der Waals surface area contributed by atoms with Crippen LogP contribution in [0.5, 0.6) is 0 Å². The van der Waals surface area contributed by atoms with Gasteiger partial charge < -0.3 is 35.4 Å². The van der Waals surface area contributed by atoms with Crippen LogP contribution in [0.1, 0.15) is 28.8 Å². The molecular weight excluding hydrogens is 605 g/mol. The fraction of sp³-hybridized carbons (Fsp3) is 0.444. The standard InChI is InChI=1S/C27H29ClF5N5O5/c28-16-2-4-19(20(11-16)37-9-7-36(8-10-37)6-5-27(31,32)33)35-24(40)18-3-1-15(22(29)23(18)30)13-34-25(41)21-12-17(39)14-38(21)26(42)43/h1-4,11,17,21,39H,5-10,12-14H2,(H,34,41)(H,35,40)(H,42,43)/p-1. The Bertz CT molecular complexity index is 1370. The summed E-state index contributed by atoms with van der Waals surface area (Å²) in [7, 11) is 0. The third-order valence-corrected chi connectivity index (χ3v) is 7.54. The Morgan fingerprint density at radius 2 is 1.74 bits per heavy atom. The smallest absolute Gasteiger partial charge is 0.390 e. The van der Waals surface area contributed by atoms with E-state index in [0.717, 1.165) is 12.1 Å². The number of carboxylic acid groups (broad SMARTS) is 1. The number of amides is 3. The van der Waals surface area contributed by atoms with Gasteiger partial charge in [-0.3, -0.25) is 14.5 Å². The lowest BCUT2D eigenvalue weighted by Crippen LogP contribution is -2.50. The van der Waals surface area contributed by atoms with Crippen LogP contribution >= 0.6 is 11.6 Å². The van der Waals surface area contributed by atoms with Crippen LogP contribution in [0, 0.1) is 11.6 Å². The highest BCUT2D eigenvalue weighted by Crippen LogP contribution is 2.31. The van der Waals surface area contributed by atoms with E-state index in [1.54, 1.807) is 11.0 Å². The first kappa shape index (κ1) is 32.2. The molecular formula is C27H28ClF5N5O5-. The number of anilines is 2. The van der Waals surface area contributed by atoms with Gasteiger partial charge in [0.1, 0.15) is 12.1 Å². The molecule has 16 heteroatoms. The number of aliphatic hydroxyl groups excluding tert-OH is 1. The first-order valence-corrected chi connectivity index (χ1v) is 13.7. The van der Waals surface area contributed by atoms with Crippen LogP contribution in [0.15, 0.2) is 30.3 Å². The summed E-state index contributed by atoms with van der Waals surface area (Å²) >= 11 is 6.14. The molecule has 2 aliphatic heterocycles. The van der Waals surface area contributed by atoms with Gasteiger partial charge in [0, 0.05) is 62.8 Å². The van der Waals surface area contributed by atoms with Crippen molar-refractivity contribution >= 4 is 40.9 Å². The predicted molar refractivity (Wildman–Crippen MR) is 143 cm³/mol. The number of carbonyl (C=O) groups is 3. The van der Waals surface area contributed by atoms with Gasteiger partial charge in [-0.1, -0.05) is 17.7 Å². The first-order valence-electron chi connectivity index (χ1n) is 13.3. The molecule has 0 saturated carbocycles. The van der Waals surface area contributed by atoms with Crippen molar-refractivity contribution in [2.24, 2.45) is 0 Å². The molecule has 2 aliphatic rings. The minimum atomic E-state index is -4.26. The molecule has 2 aromatic rings. The molecule has 234 valence electrons. The number of β-amino-alcohol motifs (C(OH)–C–C–N with tert-alkyl or cyclic N) is 1. The van der Waals surface area contributed by atoms with E-state index in [1.807, 2.05) is 4.90 Å². The lowest BCUT2D eigenvalue weighted by Gasteiger charge is -2.37. The Morgan fingerprint density at radius 1 is 1.05 bits per heavy atom. The molecule has 2 atom stereocenters. The van der Waals surface area contributed by atoms with Gasteiger partial charge in [0.05, 0.1) is 29.5 Å². The Balaban J connectivity index is 1.41. The number of benzene rings is 2. The average molecular weight is 633 g/mol. The Morgan fingerprint density at radius 3 is 2.40 bits per heavy atom. The number of nitrogens with zero attached hydrogens (tertiary/aromatic N) is 3. The molecule has 2 heterocycles. The second-order valence-electron chi connectivity index (χ2n) is 10.3. The summed E-state index contributed by atoms with van der Waals surface area (Å²) in [6.45, 7) is 0.369. The van der Waals surface area contributed by atoms with Crippen LogP contribution in [0.4, 0.5) is 38.1 Å². The van der Waals surface area contributed by atoms with Gasteiger partial charge in [-0.2, -0.15) is 13.2 Å². The number of hydrogen-bond donors (Lipinski definition) is 3. The van der Waals surface area contributed by atoms with Crippen molar-refractivity contribution in [3.05, 3.63) is 58.1 Å². The number of nitrogens with one attached hydrogen (secondary N) is 2. The van der Waals surface area contributed by atoms with Gasteiger partial charge in [-0.15, -0.1) is 0 Å². The molecule has 0 aliphatic carbocycles. The van der Waals surface area contributed by atoms with Gasteiger partial charge in [-0.05, 0) is 24.3 Å². The fourth-order valence-electron chi connectivity index (χ4n) is 5.02. The quantitative estimate of drug-likeness (QED) is 0.381. The van der Waals surface area contributed by atoms with E-state index in [4.69, 9.17) is 11.6 Å². The Labute approximate surface area is 248 Å². The molecule has 0 spiro atoms. The molecule has 3 N–H and O–H groups in total. The van der Waals surface area contributed by atoms with Crippen molar-refractivity contribution in [1.82, 2.24) is 15.1 Å². The maximum absolute atomic E-state index is 15.0. The van der Waals surface area contributed by atoms with E-state index in [-0.39, 0.29) is 30.8 Å². The molecule has 0 radical (unpaired) electrons. The minimum absolute atomic E-state index is 0.136. The van der Waals surface area contributed by atoms with Gasteiger partial charge >= 0.3 is 6.18 Å². The summed E-state index contributed by atoms with van der Waals surface area (Å²) in [5.41, 5.74) is -0.256. The molecule has 2 aromatic carbocycles. The summed E-state index contributed by atoms with van der Waals surface area (Å²) in [4.78, 5) is 40.7. The number of hydrogen-bond acceptors (Lipinski definition) is 7. The highest BCUT2D eigenvalue weighted by atomic mass is 35.5. The zero-order chi connectivity index (χ0) is 31.5. The van der Waals surface area contributed by atoms with Crippen molar-refractivity contribution in [1.29, 1.82) is 0 Å². The third-order valence-electron chi connectivity index (χ3n) is 7.31. The van der Waals surface area contributed by atoms with E-state index in [1.165, 1.54) is 12.1 Å². The second kappa shape index (κ2) is 13.3. The summed E-state index contributed by atoms with van der Waals surface area (Å²) in [6, 6.07) is 5.37. The van der Waals surface area contributed by atoms with Crippen LogP contribution in [0.3, 0.4) is 0 Å². The van der Waals surface area contributed by atoms with E-state index < -0.39 is 66.4 Å². The van der Waals surface area contributed by atoms with Crippen molar-refractivity contribution in [2.45, 2.75) is 37.7 Å². The van der Waals surface area contributed by atoms with Crippen LogP contribution in [0.25, 0.3) is 0 Å². The predicted octanol–water partition coefficient (Wildman–Crippen LogP) is 2.34. The molecule has 0 aromatic heterocycles. The number of likely N-dealkylation sites (tertiary alicyclic amines) is 1. The van der Waals surface area contributed by atoms with E-state index in [9.17, 15) is 46.5 Å². The Kier molecular flexibility index (Phi) is 9.97. The number of piperazine rings is 1. The SMILES string of the molecule is O=C(Nc1ccc(Cl)cc1N1CCN(CCC(F)(F)F)CC1)c1ccc(CNC(=O)C2CC(O)CN2C(=O)[O-])c(F)c1F. The van der Waals surface area contributed by atoms with Gasteiger partial charge in [0.15, 0.2) is 11.6 Å². The summed E-state index contributed by atoms with van der Waals surface area (Å²) < 4.78 is 67.6. The van der Waals surface area contributed by atoms with Gasteiger partial charge in [0.2, 0.25) is 5.91 Å². The van der Waals surface area contributed by atoms with Crippen molar-refractivity contribution < 1.29 is 46.5 Å². The van der Waals surface area contributed by atoms with Crippen molar-refractivity contribution in [2.75, 3.05) is 49.5 Å². The van der Waals surface area contributed by atoms with Gasteiger partial charge in [0.25, 0.3) is 5.91 Å². The average Bonchev–Trinajstić information content (AvgIpc) is 3.35.